The number of hydrogen-bond acceptors (Lipinski definition) is 5. The molecule has 1 saturated heterocycles. The molecular formula is C19H25NO5. The third kappa shape index (κ3) is 4.98. The third-order valence-corrected chi connectivity index (χ3v) is 4.20. The van der Waals surface area contributed by atoms with Crippen molar-refractivity contribution in [2.45, 2.75) is 19.8 Å². The fourth-order valence-corrected chi connectivity index (χ4v) is 2.85. The Morgan fingerprint density at radius 2 is 2.08 bits per heavy atom. The van der Waals surface area contributed by atoms with Crippen molar-refractivity contribution in [1.29, 1.82) is 0 Å². The Morgan fingerprint density at radius 1 is 1.28 bits per heavy atom. The maximum Gasteiger partial charge on any atom is 0.310 e. The number of ether oxygens (including phenoxy) is 3. The number of carbonyl (C=O) groups is 2. The Hall–Kier alpha value is -2.50. The Bertz CT molecular complexity index is 641. The normalized spacial score (nSPS) is 17.4. The fraction of sp³-hybridized carbons (Fsp3) is 0.474. The smallest absolute Gasteiger partial charge is 0.310 e. The summed E-state index contributed by atoms with van der Waals surface area (Å²) in [5.41, 5.74) is 0.788. The molecule has 6 nitrogen and oxygen atoms in total. The lowest BCUT2D eigenvalue weighted by molar-refractivity contribution is -0.150. The third-order valence-electron chi connectivity index (χ3n) is 4.20. The van der Waals surface area contributed by atoms with E-state index in [1.165, 1.54) is 6.08 Å². The molecular weight excluding hydrogens is 322 g/mol. The molecule has 1 aromatic carbocycles. The van der Waals surface area contributed by atoms with Crippen LogP contribution in [-0.2, 0) is 14.3 Å². The average Bonchev–Trinajstić information content (AvgIpc) is 2.66. The van der Waals surface area contributed by atoms with Crippen LogP contribution >= 0.6 is 0 Å². The van der Waals surface area contributed by atoms with E-state index in [2.05, 4.69) is 0 Å². The van der Waals surface area contributed by atoms with Crippen LogP contribution in [0.2, 0.25) is 0 Å². The summed E-state index contributed by atoms with van der Waals surface area (Å²) in [5, 5.41) is 0. The highest BCUT2D eigenvalue weighted by Crippen LogP contribution is 2.26. The van der Waals surface area contributed by atoms with Gasteiger partial charge in [0.15, 0.2) is 0 Å². The predicted octanol–water partition coefficient (Wildman–Crippen LogP) is 2.52. The summed E-state index contributed by atoms with van der Waals surface area (Å²) in [6.07, 6.45) is 4.79. The molecule has 6 heteroatoms. The molecule has 2 rings (SSSR count). The van der Waals surface area contributed by atoms with Gasteiger partial charge in [-0.25, -0.2) is 0 Å². The standard InChI is InChI=1S/C19H25NO5/c1-4-25-19(22)15-6-5-11-20(13-15)18(21)10-8-14-7-9-16(23-2)12-17(14)24-3/h7-10,12,15H,4-6,11,13H2,1-3H3/b10-8+. The molecule has 0 N–H and O–H groups in total. The highest BCUT2D eigenvalue weighted by atomic mass is 16.5. The number of hydrogen-bond donors (Lipinski definition) is 0. The van der Waals surface area contributed by atoms with Gasteiger partial charge < -0.3 is 19.1 Å². The first-order valence-corrected chi connectivity index (χ1v) is 8.44. The van der Waals surface area contributed by atoms with E-state index in [4.69, 9.17) is 14.2 Å². The average molecular weight is 347 g/mol. The van der Waals surface area contributed by atoms with Crippen LogP contribution in [0, 0.1) is 5.92 Å². The van der Waals surface area contributed by atoms with Gasteiger partial charge >= 0.3 is 5.97 Å². The Balaban J connectivity index is 2.03. The maximum atomic E-state index is 12.4. The maximum absolute atomic E-state index is 12.4. The number of amides is 1. The SMILES string of the molecule is CCOC(=O)C1CCCN(C(=O)/C=C/c2ccc(OC)cc2OC)C1. The van der Waals surface area contributed by atoms with Crippen molar-refractivity contribution < 1.29 is 23.8 Å². The summed E-state index contributed by atoms with van der Waals surface area (Å²) in [5.74, 6) is 0.745. The van der Waals surface area contributed by atoms with Crippen LogP contribution in [0.25, 0.3) is 6.08 Å². The predicted molar refractivity (Wildman–Crippen MR) is 94.5 cm³/mol. The quantitative estimate of drug-likeness (QED) is 0.584. The monoisotopic (exact) mass is 347 g/mol. The summed E-state index contributed by atoms with van der Waals surface area (Å²) in [6.45, 7) is 3.20. The number of likely N-dealkylation sites (tertiary alicyclic amines) is 1. The zero-order valence-electron chi connectivity index (χ0n) is 15.0. The molecule has 25 heavy (non-hydrogen) atoms. The number of benzene rings is 1. The van der Waals surface area contributed by atoms with E-state index in [1.807, 2.05) is 12.1 Å². The Kier molecular flexibility index (Phi) is 6.86. The van der Waals surface area contributed by atoms with Gasteiger partial charge in [-0.3, -0.25) is 9.59 Å². The lowest BCUT2D eigenvalue weighted by Gasteiger charge is -2.30. The summed E-state index contributed by atoms with van der Waals surface area (Å²) in [4.78, 5) is 26.0. The molecule has 0 spiro atoms. The molecule has 0 radical (unpaired) electrons. The van der Waals surface area contributed by atoms with Crippen LogP contribution in [0.4, 0.5) is 0 Å². The van der Waals surface area contributed by atoms with E-state index >= 15 is 0 Å². The molecule has 1 aliphatic rings. The molecule has 0 saturated carbocycles. The second-order valence-corrected chi connectivity index (χ2v) is 5.82. The minimum atomic E-state index is -0.235. The van der Waals surface area contributed by atoms with Gasteiger partial charge in [0.2, 0.25) is 5.91 Å². The molecule has 0 aromatic heterocycles. The Morgan fingerprint density at radius 3 is 2.76 bits per heavy atom. The fourth-order valence-electron chi connectivity index (χ4n) is 2.85. The van der Waals surface area contributed by atoms with Gasteiger partial charge in [-0.05, 0) is 38.0 Å². The summed E-state index contributed by atoms with van der Waals surface area (Å²) >= 11 is 0. The van der Waals surface area contributed by atoms with Crippen LogP contribution in [0.1, 0.15) is 25.3 Å². The number of nitrogens with zero attached hydrogens (tertiary/aromatic N) is 1. The second-order valence-electron chi connectivity index (χ2n) is 5.82. The highest BCUT2D eigenvalue weighted by molar-refractivity contribution is 5.92. The van der Waals surface area contributed by atoms with Crippen molar-refractivity contribution in [2.24, 2.45) is 5.92 Å². The molecule has 1 heterocycles. The van der Waals surface area contributed by atoms with E-state index in [-0.39, 0.29) is 17.8 Å². The summed E-state index contributed by atoms with van der Waals surface area (Å²) < 4.78 is 15.6. The molecule has 1 unspecified atom stereocenters. The van der Waals surface area contributed by atoms with E-state index in [9.17, 15) is 9.59 Å². The van der Waals surface area contributed by atoms with Crippen molar-refractivity contribution in [3.05, 3.63) is 29.8 Å². The Labute approximate surface area is 148 Å². The van der Waals surface area contributed by atoms with Crippen LogP contribution in [0.5, 0.6) is 11.5 Å². The van der Waals surface area contributed by atoms with E-state index in [1.54, 1.807) is 38.2 Å². The van der Waals surface area contributed by atoms with Gasteiger partial charge in [-0.1, -0.05) is 0 Å². The number of rotatable bonds is 6. The minimum absolute atomic E-state index is 0.119. The molecule has 136 valence electrons. The van der Waals surface area contributed by atoms with Crippen molar-refractivity contribution in [3.8, 4) is 11.5 Å². The van der Waals surface area contributed by atoms with Gasteiger partial charge in [0.05, 0.1) is 26.7 Å². The molecule has 1 fully saturated rings. The number of methoxy groups -OCH3 is 2. The first kappa shape index (κ1) is 18.8. The summed E-state index contributed by atoms with van der Waals surface area (Å²) in [6, 6.07) is 5.41. The summed E-state index contributed by atoms with van der Waals surface area (Å²) in [7, 11) is 3.16. The molecule has 0 bridgehead atoms. The van der Waals surface area contributed by atoms with E-state index < -0.39 is 0 Å². The van der Waals surface area contributed by atoms with Crippen molar-refractivity contribution in [3.63, 3.8) is 0 Å². The van der Waals surface area contributed by atoms with Crippen LogP contribution < -0.4 is 9.47 Å². The second kappa shape index (κ2) is 9.11. The molecule has 1 amide bonds. The van der Waals surface area contributed by atoms with Gasteiger partial charge in [0.1, 0.15) is 11.5 Å². The minimum Gasteiger partial charge on any atom is -0.497 e. The zero-order chi connectivity index (χ0) is 18.2. The van der Waals surface area contributed by atoms with E-state index in [0.29, 0.717) is 31.2 Å². The van der Waals surface area contributed by atoms with Crippen LogP contribution in [0.15, 0.2) is 24.3 Å². The zero-order valence-corrected chi connectivity index (χ0v) is 15.0. The van der Waals surface area contributed by atoms with Gasteiger partial charge in [0, 0.05) is 30.8 Å². The highest BCUT2D eigenvalue weighted by Gasteiger charge is 2.28. The van der Waals surface area contributed by atoms with Crippen LogP contribution in [-0.4, -0.2) is 50.7 Å². The number of piperidine rings is 1. The molecule has 1 aliphatic heterocycles. The molecule has 1 aromatic rings. The number of carbonyl (C=O) groups excluding carboxylic acids is 2. The first-order valence-electron chi connectivity index (χ1n) is 8.44. The number of esters is 1. The largest absolute Gasteiger partial charge is 0.497 e. The van der Waals surface area contributed by atoms with E-state index in [0.717, 1.165) is 18.4 Å². The van der Waals surface area contributed by atoms with Gasteiger partial charge in [-0.2, -0.15) is 0 Å². The molecule has 1 atom stereocenters. The molecule has 0 aliphatic carbocycles. The lowest BCUT2D eigenvalue weighted by atomic mass is 9.98. The van der Waals surface area contributed by atoms with Crippen LogP contribution in [0.3, 0.4) is 0 Å². The lowest BCUT2D eigenvalue weighted by Crippen LogP contribution is -2.42. The van der Waals surface area contributed by atoms with Crippen molar-refractivity contribution in [2.75, 3.05) is 33.9 Å². The van der Waals surface area contributed by atoms with Crippen molar-refractivity contribution >= 4 is 18.0 Å². The van der Waals surface area contributed by atoms with Crippen molar-refractivity contribution in [1.82, 2.24) is 4.90 Å². The topological polar surface area (TPSA) is 65.1 Å². The van der Waals surface area contributed by atoms with Gasteiger partial charge in [-0.15, -0.1) is 0 Å². The first-order chi connectivity index (χ1) is 12.1. The van der Waals surface area contributed by atoms with Gasteiger partial charge in [0.25, 0.3) is 0 Å².